The molecule has 3 saturated carbocycles. The van der Waals surface area contributed by atoms with E-state index in [0.717, 1.165) is 42.3 Å². The van der Waals surface area contributed by atoms with Crippen molar-refractivity contribution < 1.29 is 9.18 Å². The Morgan fingerprint density at radius 2 is 2.00 bits per heavy atom. The molecule has 2 aromatic carbocycles. The molecular formula is C25H22FN5O. The minimum absolute atomic E-state index is 0.0276. The van der Waals surface area contributed by atoms with Crippen LogP contribution in [0.2, 0.25) is 0 Å². The molecule has 0 N–H and O–H groups in total. The van der Waals surface area contributed by atoms with Crippen molar-refractivity contribution in [3.63, 3.8) is 0 Å². The van der Waals surface area contributed by atoms with Crippen LogP contribution in [0.4, 0.5) is 4.39 Å². The van der Waals surface area contributed by atoms with Gasteiger partial charge >= 0.3 is 0 Å². The third kappa shape index (κ3) is 2.94. The van der Waals surface area contributed by atoms with Gasteiger partial charge in [-0.05, 0) is 66.5 Å². The Labute approximate surface area is 184 Å². The third-order valence-corrected chi connectivity index (χ3v) is 7.50. The van der Waals surface area contributed by atoms with Gasteiger partial charge in [0.25, 0.3) is 0 Å². The van der Waals surface area contributed by atoms with Crippen LogP contribution >= 0.6 is 0 Å². The Kier molecular flexibility index (Phi) is 4.19. The average molecular weight is 427 g/mol. The number of fused-ring (bicyclic) bond motifs is 2. The van der Waals surface area contributed by atoms with Crippen LogP contribution in [0.15, 0.2) is 53.8 Å². The Morgan fingerprint density at radius 1 is 1.19 bits per heavy atom. The van der Waals surface area contributed by atoms with Gasteiger partial charge in [-0.2, -0.15) is 15.5 Å². The Bertz CT molecular complexity index is 1280. The smallest absolute Gasteiger partial charge is 0.246 e. The molecule has 0 saturated heterocycles. The molecule has 7 rings (SSSR count). The number of nitriles is 1. The summed E-state index contributed by atoms with van der Waals surface area (Å²) in [6.45, 7) is 0.785. The molecule has 2 bridgehead atoms. The number of hydrogen-bond acceptors (Lipinski definition) is 4. The fraction of sp³-hybridized carbons (Fsp3) is 0.360. The van der Waals surface area contributed by atoms with Gasteiger partial charge in [-0.1, -0.05) is 12.1 Å². The maximum atomic E-state index is 13.4. The maximum absolute atomic E-state index is 13.4. The Balaban J connectivity index is 1.19. The van der Waals surface area contributed by atoms with Crippen molar-refractivity contribution in [2.24, 2.45) is 22.4 Å². The summed E-state index contributed by atoms with van der Waals surface area (Å²) in [6, 6.07) is 14.0. The number of carbonyl (C=O) groups is 1. The average Bonchev–Trinajstić information content (AvgIpc) is 3.56. The molecule has 2 atom stereocenters. The summed E-state index contributed by atoms with van der Waals surface area (Å²) >= 11 is 0. The van der Waals surface area contributed by atoms with Crippen LogP contribution in [0.25, 0.3) is 10.9 Å². The molecule has 2 unspecified atom stereocenters. The van der Waals surface area contributed by atoms with Gasteiger partial charge < -0.3 is 0 Å². The lowest BCUT2D eigenvalue weighted by atomic mass is 9.69. The minimum atomic E-state index is -0.279. The number of hydrogen-bond donors (Lipinski definition) is 0. The molecule has 2 heterocycles. The predicted molar refractivity (Wildman–Crippen MR) is 117 cm³/mol. The molecule has 0 radical (unpaired) electrons. The van der Waals surface area contributed by atoms with E-state index in [2.05, 4.69) is 16.3 Å². The molecular weight excluding hydrogens is 405 g/mol. The van der Waals surface area contributed by atoms with Gasteiger partial charge in [-0.25, -0.2) is 9.40 Å². The van der Waals surface area contributed by atoms with Crippen LogP contribution in [0, 0.1) is 34.4 Å². The standard InChI is InChI=1S/C25H22FN5O/c26-20-4-2-17(3-5-20)23-7-8-28-31(23)24(32)21-12-25(10-19(21)11-25)15-30-22-6-1-16(13-27)9-18(22)14-29-30/h1-6,8-9,14,19,21,23H,7,10-12,15H2. The van der Waals surface area contributed by atoms with E-state index in [4.69, 9.17) is 5.26 Å². The van der Waals surface area contributed by atoms with Gasteiger partial charge in [-0.15, -0.1) is 0 Å². The van der Waals surface area contributed by atoms with Gasteiger partial charge in [0.15, 0.2) is 0 Å². The van der Waals surface area contributed by atoms with Crippen LogP contribution in [-0.4, -0.2) is 26.9 Å². The molecule has 0 spiro atoms. The number of benzene rings is 2. The van der Waals surface area contributed by atoms with Gasteiger partial charge in [0.2, 0.25) is 5.91 Å². The highest BCUT2D eigenvalue weighted by Gasteiger charge is 2.59. The van der Waals surface area contributed by atoms with E-state index in [1.165, 1.54) is 12.1 Å². The third-order valence-electron chi connectivity index (χ3n) is 7.50. The number of amides is 1. The first-order valence-electron chi connectivity index (χ1n) is 11.0. The number of carbonyl (C=O) groups excluding carboxylic acids is 1. The van der Waals surface area contributed by atoms with E-state index >= 15 is 0 Å². The lowest BCUT2D eigenvalue weighted by Gasteiger charge is -2.38. The van der Waals surface area contributed by atoms with Gasteiger partial charge in [0.05, 0.1) is 29.4 Å². The highest BCUT2D eigenvalue weighted by Crippen LogP contribution is 2.63. The number of rotatable bonds is 4. The SMILES string of the molecule is N#Cc1ccc2c(cnn2CC23CC(C2)C(C(=O)N2N=CCC2c2ccc(F)cc2)C3)c1. The molecule has 7 heteroatoms. The van der Waals surface area contributed by atoms with Crippen LogP contribution in [0.3, 0.4) is 0 Å². The van der Waals surface area contributed by atoms with Crippen molar-refractivity contribution in [2.45, 2.75) is 38.3 Å². The normalized spacial score (nSPS) is 28.1. The lowest BCUT2D eigenvalue weighted by Crippen LogP contribution is -2.35. The Hall–Kier alpha value is -3.53. The van der Waals surface area contributed by atoms with Crippen LogP contribution in [0.5, 0.6) is 0 Å². The van der Waals surface area contributed by atoms with Crippen molar-refractivity contribution >= 4 is 23.0 Å². The van der Waals surface area contributed by atoms with Crippen molar-refractivity contribution in [1.82, 2.24) is 14.8 Å². The molecule has 32 heavy (non-hydrogen) atoms. The second-order valence-corrected chi connectivity index (χ2v) is 9.45. The summed E-state index contributed by atoms with van der Waals surface area (Å²) in [4.78, 5) is 13.4. The van der Waals surface area contributed by atoms with E-state index < -0.39 is 0 Å². The highest BCUT2D eigenvalue weighted by molar-refractivity contribution is 5.83. The number of halogens is 1. The van der Waals surface area contributed by atoms with Crippen LogP contribution in [0.1, 0.15) is 42.9 Å². The molecule has 160 valence electrons. The molecule has 1 aromatic heterocycles. The van der Waals surface area contributed by atoms with Crippen LogP contribution in [-0.2, 0) is 11.3 Å². The lowest BCUT2D eigenvalue weighted by molar-refractivity contribution is -0.138. The van der Waals surface area contributed by atoms with E-state index in [0.29, 0.717) is 17.9 Å². The van der Waals surface area contributed by atoms with Crippen molar-refractivity contribution in [2.75, 3.05) is 0 Å². The van der Waals surface area contributed by atoms with Crippen molar-refractivity contribution in [3.05, 3.63) is 65.6 Å². The quantitative estimate of drug-likeness (QED) is 0.619. The van der Waals surface area contributed by atoms with Gasteiger partial charge in [-0.3, -0.25) is 9.48 Å². The molecule has 1 amide bonds. The second-order valence-electron chi connectivity index (χ2n) is 9.45. The summed E-state index contributed by atoms with van der Waals surface area (Å²) in [5.41, 5.74) is 2.66. The first-order chi connectivity index (χ1) is 15.5. The fourth-order valence-electron chi connectivity index (χ4n) is 5.98. The Morgan fingerprint density at radius 3 is 2.78 bits per heavy atom. The zero-order valence-corrected chi connectivity index (χ0v) is 17.5. The molecule has 3 aromatic rings. The molecule has 4 aliphatic rings. The summed E-state index contributed by atoms with van der Waals surface area (Å²) < 4.78 is 15.4. The molecule has 3 aliphatic carbocycles. The minimum Gasteiger partial charge on any atom is -0.273 e. The number of nitrogens with zero attached hydrogens (tertiary/aromatic N) is 5. The highest BCUT2D eigenvalue weighted by atomic mass is 19.1. The summed E-state index contributed by atoms with van der Waals surface area (Å²) in [5.74, 6) is 0.167. The maximum Gasteiger partial charge on any atom is 0.246 e. The largest absolute Gasteiger partial charge is 0.273 e. The van der Waals surface area contributed by atoms with Gasteiger partial charge in [0, 0.05) is 30.5 Å². The summed E-state index contributed by atoms with van der Waals surface area (Å²) in [6.07, 6.45) is 7.15. The van der Waals surface area contributed by atoms with E-state index in [1.807, 2.05) is 29.1 Å². The van der Waals surface area contributed by atoms with E-state index in [9.17, 15) is 9.18 Å². The molecule has 3 fully saturated rings. The number of aromatic nitrogens is 2. The summed E-state index contributed by atoms with van der Waals surface area (Å²) in [5, 5.41) is 20.7. The zero-order chi connectivity index (χ0) is 21.9. The first-order valence-corrected chi connectivity index (χ1v) is 11.0. The van der Waals surface area contributed by atoms with E-state index in [1.54, 1.807) is 23.4 Å². The van der Waals surface area contributed by atoms with Gasteiger partial charge in [0.1, 0.15) is 5.82 Å². The fourth-order valence-corrected chi connectivity index (χ4v) is 5.98. The topological polar surface area (TPSA) is 74.3 Å². The first kappa shape index (κ1) is 19.2. The zero-order valence-electron chi connectivity index (χ0n) is 17.5. The number of hydrazone groups is 1. The monoisotopic (exact) mass is 427 g/mol. The molecule has 6 nitrogen and oxygen atoms in total. The van der Waals surface area contributed by atoms with Crippen LogP contribution < -0.4 is 0 Å². The van der Waals surface area contributed by atoms with Crippen molar-refractivity contribution in [1.29, 1.82) is 5.26 Å². The second kappa shape index (κ2) is 6.99. The predicted octanol–water partition coefficient (Wildman–Crippen LogP) is 4.42. The molecule has 1 aliphatic heterocycles. The van der Waals surface area contributed by atoms with E-state index in [-0.39, 0.29) is 29.1 Å². The summed E-state index contributed by atoms with van der Waals surface area (Å²) in [7, 11) is 0. The van der Waals surface area contributed by atoms with Crippen molar-refractivity contribution in [3.8, 4) is 6.07 Å².